The molecule has 4 heteroatoms. The number of amides is 1. The van der Waals surface area contributed by atoms with Gasteiger partial charge in [-0.25, -0.2) is 0 Å². The highest BCUT2D eigenvalue weighted by Crippen LogP contribution is 2.25. The van der Waals surface area contributed by atoms with Gasteiger partial charge in [-0.05, 0) is 25.0 Å². The molecule has 4 N–H and O–H groups in total. The number of aromatic hydroxyl groups is 1. The standard InChI is InChI=1S/C15H22N2O2/c16-13-10-6-9-12(14(13)18)15(19)17-11-7-4-2-1-3-5-8-11/h6,9-11,18H,1-5,7-8,16H2,(H,17,19). The average molecular weight is 262 g/mol. The van der Waals surface area contributed by atoms with Crippen LogP contribution in [-0.4, -0.2) is 17.1 Å². The molecule has 19 heavy (non-hydrogen) atoms. The summed E-state index contributed by atoms with van der Waals surface area (Å²) in [5.74, 6) is -0.346. The number of carbonyl (C=O) groups is 1. The highest BCUT2D eigenvalue weighted by Gasteiger charge is 2.18. The quantitative estimate of drug-likeness (QED) is 0.566. The van der Waals surface area contributed by atoms with Crippen molar-refractivity contribution >= 4 is 11.6 Å². The number of anilines is 1. The van der Waals surface area contributed by atoms with Crippen LogP contribution in [0, 0.1) is 0 Å². The number of benzene rings is 1. The highest BCUT2D eigenvalue weighted by molar-refractivity contribution is 5.98. The van der Waals surface area contributed by atoms with E-state index in [1.165, 1.54) is 19.3 Å². The Labute approximate surface area is 114 Å². The van der Waals surface area contributed by atoms with E-state index in [-0.39, 0.29) is 28.9 Å². The third-order valence-corrected chi connectivity index (χ3v) is 3.75. The van der Waals surface area contributed by atoms with Crippen molar-refractivity contribution in [3.05, 3.63) is 23.8 Å². The topological polar surface area (TPSA) is 75.4 Å². The first-order chi connectivity index (χ1) is 9.18. The van der Waals surface area contributed by atoms with Crippen molar-refractivity contribution in [1.29, 1.82) is 0 Å². The van der Waals surface area contributed by atoms with Crippen LogP contribution in [0.15, 0.2) is 18.2 Å². The summed E-state index contributed by atoms with van der Waals surface area (Å²) in [7, 11) is 0. The Morgan fingerprint density at radius 2 is 1.79 bits per heavy atom. The Morgan fingerprint density at radius 3 is 2.47 bits per heavy atom. The lowest BCUT2D eigenvalue weighted by Gasteiger charge is -2.21. The van der Waals surface area contributed by atoms with Gasteiger partial charge in [-0.15, -0.1) is 0 Å². The number of phenolic OH excluding ortho intramolecular Hbond substituents is 1. The predicted octanol–water partition coefficient (Wildman–Crippen LogP) is 2.82. The molecule has 0 heterocycles. The second-order valence-electron chi connectivity index (χ2n) is 5.26. The molecular weight excluding hydrogens is 240 g/mol. The number of carbonyl (C=O) groups excluding carboxylic acids is 1. The van der Waals surface area contributed by atoms with Crippen LogP contribution >= 0.6 is 0 Å². The van der Waals surface area contributed by atoms with Crippen molar-refractivity contribution in [2.45, 2.75) is 51.0 Å². The maximum Gasteiger partial charge on any atom is 0.255 e. The molecule has 1 fully saturated rings. The Bertz CT molecular complexity index is 438. The van der Waals surface area contributed by atoms with Gasteiger partial charge >= 0.3 is 0 Å². The molecule has 4 nitrogen and oxygen atoms in total. The van der Waals surface area contributed by atoms with E-state index in [0.29, 0.717) is 0 Å². The second-order valence-corrected chi connectivity index (χ2v) is 5.26. The van der Waals surface area contributed by atoms with Gasteiger partial charge in [-0.3, -0.25) is 4.79 Å². The fourth-order valence-electron chi connectivity index (χ4n) is 2.61. The monoisotopic (exact) mass is 262 g/mol. The molecule has 1 aromatic carbocycles. The Kier molecular flexibility index (Phi) is 4.66. The maximum atomic E-state index is 12.2. The molecule has 1 aliphatic carbocycles. The lowest BCUT2D eigenvalue weighted by molar-refractivity contribution is 0.0928. The number of nitrogen functional groups attached to an aromatic ring is 1. The van der Waals surface area contributed by atoms with Gasteiger partial charge in [0, 0.05) is 6.04 Å². The number of nitrogens with two attached hydrogens (primary N) is 1. The smallest absolute Gasteiger partial charge is 0.255 e. The fraction of sp³-hybridized carbons (Fsp3) is 0.533. The summed E-state index contributed by atoms with van der Waals surface area (Å²) < 4.78 is 0. The molecule has 1 amide bonds. The zero-order chi connectivity index (χ0) is 13.7. The summed E-state index contributed by atoms with van der Waals surface area (Å²) >= 11 is 0. The predicted molar refractivity (Wildman–Crippen MR) is 76.1 cm³/mol. The summed E-state index contributed by atoms with van der Waals surface area (Å²) in [5, 5.41) is 12.8. The molecule has 2 rings (SSSR count). The lowest BCUT2D eigenvalue weighted by Crippen LogP contribution is -2.35. The third-order valence-electron chi connectivity index (χ3n) is 3.75. The largest absolute Gasteiger partial charge is 0.505 e. The molecule has 0 atom stereocenters. The molecule has 0 radical (unpaired) electrons. The number of hydrogen-bond acceptors (Lipinski definition) is 3. The Morgan fingerprint density at radius 1 is 1.16 bits per heavy atom. The first-order valence-electron chi connectivity index (χ1n) is 7.07. The SMILES string of the molecule is Nc1cccc(C(=O)NC2CCCCCCC2)c1O. The molecule has 0 saturated heterocycles. The second kappa shape index (κ2) is 6.45. The van der Waals surface area contributed by atoms with E-state index < -0.39 is 0 Å². The van der Waals surface area contributed by atoms with Crippen molar-refractivity contribution in [2.24, 2.45) is 0 Å². The molecule has 0 spiro atoms. The highest BCUT2D eigenvalue weighted by atomic mass is 16.3. The zero-order valence-electron chi connectivity index (χ0n) is 11.2. The molecule has 104 valence electrons. The van der Waals surface area contributed by atoms with E-state index in [9.17, 15) is 9.90 Å². The van der Waals surface area contributed by atoms with Crippen LogP contribution in [0.5, 0.6) is 5.75 Å². The van der Waals surface area contributed by atoms with Gasteiger partial charge in [0.05, 0.1) is 11.3 Å². The van der Waals surface area contributed by atoms with Crippen molar-refractivity contribution in [3.63, 3.8) is 0 Å². The van der Waals surface area contributed by atoms with Crippen LogP contribution in [-0.2, 0) is 0 Å². The summed E-state index contributed by atoms with van der Waals surface area (Å²) in [4.78, 5) is 12.2. The number of nitrogens with one attached hydrogen (secondary N) is 1. The molecule has 1 aliphatic rings. The zero-order valence-corrected chi connectivity index (χ0v) is 11.2. The minimum atomic E-state index is -0.227. The molecule has 1 aromatic rings. The van der Waals surface area contributed by atoms with Crippen LogP contribution in [0.1, 0.15) is 55.3 Å². The lowest BCUT2D eigenvalue weighted by atomic mass is 9.96. The first-order valence-corrected chi connectivity index (χ1v) is 7.07. The van der Waals surface area contributed by atoms with Gasteiger partial charge in [0.25, 0.3) is 5.91 Å². The number of phenols is 1. The number of rotatable bonds is 2. The van der Waals surface area contributed by atoms with Crippen LogP contribution in [0.4, 0.5) is 5.69 Å². The normalized spacial score (nSPS) is 17.5. The van der Waals surface area contributed by atoms with E-state index in [1.54, 1.807) is 18.2 Å². The van der Waals surface area contributed by atoms with E-state index in [1.807, 2.05) is 0 Å². The van der Waals surface area contributed by atoms with Crippen LogP contribution in [0.2, 0.25) is 0 Å². The minimum absolute atomic E-state index is 0.120. The van der Waals surface area contributed by atoms with E-state index in [4.69, 9.17) is 5.73 Å². The molecule has 0 aliphatic heterocycles. The first kappa shape index (κ1) is 13.7. The van der Waals surface area contributed by atoms with Gasteiger partial charge in [-0.2, -0.15) is 0 Å². The third kappa shape index (κ3) is 3.63. The summed E-state index contributed by atoms with van der Waals surface area (Å²) in [6.45, 7) is 0. The van der Waals surface area contributed by atoms with Gasteiger partial charge in [0.1, 0.15) is 0 Å². The Balaban J connectivity index is 2.01. The van der Waals surface area contributed by atoms with Crippen LogP contribution in [0.3, 0.4) is 0 Å². The van der Waals surface area contributed by atoms with Gasteiger partial charge < -0.3 is 16.2 Å². The van der Waals surface area contributed by atoms with E-state index in [2.05, 4.69) is 5.32 Å². The summed E-state index contributed by atoms with van der Waals surface area (Å²) in [6.07, 6.45) is 8.16. The molecule has 0 unspecified atom stereocenters. The summed E-state index contributed by atoms with van der Waals surface area (Å²) in [6, 6.07) is 5.09. The number of para-hydroxylation sites is 1. The van der Waals surface area contributed by atoms with Crippen molar-refractivity contribution < 1.29 is 9.90 Å². The van der Waals surface area contributed by atoms with E-state index >= 15 is 0 Å². The molecule has 1 saturated carbocycles. The maximum absolute atomic E-state index is 12.2. The summed E-state index contributed by atoms with van der Waals surface area (Å²) in [5.41, 5.74) is 6.11. The average Bonchev–Trinajstić information content (AvgIpc) is 2.35. The minimum Gasteiger partial charge on any atom is -0.505 e. The van der Waals surface area contributed by atoms with Crippen molar-refractivity contribution in [2.75, 3.05) is 5.73 Å². The van der Waals surface area contributed by atoms with Crippen LogP contribution in [0.25, 0.3) is 0 Å². The van der Waals surface area contributed by atoms with Crippen molar-refractivity contribution in [1.82, 2.24) is 5.32 Å². The van der Waals surface area contributed by atoms with Gasteiger partial charge in [0.15, 0.2) is 5.75 Å². The van der Waals surface area contributed by atoms with E-state index in [0.717, 1.165) is 25.7 Å². The van der Waals surface area contributed by atoms with Crippen LogP contribution < -0.4 is 11.1 Å². The fourth-order valence-corrected chi connectivity index (χ4v) is 2.61. The molecule has 0 aromatic heterocycles. The van der Waals surface area contributed by atoms with Gasteiger partial charge in [-0.1, -0.05) is 38.2 Å². The number of hydrogen-bond donors (Lipinski definition) is 3. The van der Waals surface area contributed by atoms with Gasteiger partial charge in [0.2, 0.25) is 0 Å². The Hall–Kier alpha value is -1.71. The van der Waals surface area contributed by atoms with Crippen molar-refractivity contribution in [3.8, 4) is 5.75 Å². The molecular formula is C15H22N2O2. The molecule has 0 bridgehead atoms.